The Morgan fingerprint density at radius 2 is 1.79 bits per heavy atom. The molecule has 0 aliphatic heterocycles. The topological polar surface area (TPSA) is 55.1 Å². The largest absolute Gasteiger partial charge is 0.391 e. The van der Waals surface area contributed by atoms with Crippen molar-refractivity contribution in [3.8, 4) is 0 Å². The van der Waals surface area contributed by atoms with Crippen LogP contribution in [0.3, 0.4) is 0 Å². The van der Waals surface area contributed by atoms with E-state index >= 15 is 0 Å². The fraction of sp³-hybridized carbons (Fsp3) is 0.462. The first-order valence-electron chi connectivity index (χ1n) is 5.94. The first kappa shape index (κ1) is 15.5. The van der Waals surface area contributed by atoms with Gasteiger partial charge in [-0.3, -0.25) is 4.79 Å². The van der Waals surface area contributed by atoms with Crippen LogP contribution in [0.15, 0.2) is 24.3 Å². The quantitative estimate of drug-likeness (QED) is 0.864. The van der Waals surface area contributed by atoms with Gasteiger partial charge >= 0.3 is 6.18 Å². The lowest BCUT2D eigenvalue weighted by atomic mass is 10.1. The third-order valence-electron chi connectivity index (χ3n) is 2.57. The van der Waals surface area contributed by atoms with Gasteiger partial charge in [-0.05, 0) is 18.1 Å². The summed E-state index contributed by atoms with van der Waals surface area (Å²) >= 11 is 0. The molecule has 0 spiro atoms. The number of carbonyl (C=O) groups excluding carboxylic acids is 1. The van der Waals surface area contributed by atoms with Crippen molar-refractivity contribution in [2.24, 2.45) is 5.73 Å². The van der Waals surface area contributed by atoms with E-state index in [9.17, 15) is 18.0 Å². The van der Waals surface area contributed by atoms with E-state index in [1.165, 1.54) is 6.92 Å². The van der Waals surface area contributed by atoms with Crippen LogP contribution in [0.25, 0.3) is 0 Å². The number of hydrogen-bond acceptors (Lipinski definition) is 2. The summed E-state index contributed by atoms with van der Waals surface area (Å²) in [6, 6.07) is 6.16. The first-order chi connectivity index (χ1) is 8.80. The summed E-state index contributed by atoms with van der Waals surface area (Å²) in [6.45, 7) is 1.75. The van der Waals surface area contributed by atoms with Gasteiger partial charge in [-0.1, -0.05) is 24.3 Å². The average molecular weight is 274 g/mol. The van der Waals surface area contributed by atoms with Gasteiger partial charge in [-0.15, -0.1) is 0 Å². The molecule has 3 nitrogen and oxygen atoms in total. The Morgan fingerprint density at radius 3 is 2.26 bits per heavy atom. The molecule has 0 heterocycles. The van der Waals surface area contributed by atoms with E-state index < -0.39 is 24.5 Å². The van der Waals surface area contributed by atoms with Crippen LogP contribution in [0.1, 0.15) is 24.5 Å². The number of benzene rings is 1. The van der Waals surface area contributed by atoms with E-state index in [0.717, 1.165) is 11.1 Å². The van der Waals surface area contributed by atoms with E-state index in [-0.39, 0.29) is 6.42 Å². The molecule has 0 aliphatic carbocycles. The zero-order chi connectivity index (χ0) is 14.5. The molecular formula is C13H17F3N2O. The minimum atomic E-state index is -4.27. The summed E-state index contributed by atoms with van der Waals surface area (Å²) in [5.74, 6) is -0.419. The molecule has 1 aromatic rings. The van der Waals surface area contributed by atoms with Crippen molar-refractivity contribution < 1.29 is 18.0 Å². The van der Waals surface area contributed by atoms with Gasteiger partial charge < -0.3 is 11.1 Å². The molecule has 1 aromatic carbocycles. The van der Waals surface area contributed by atoms with Gasteiger partial charge in [0.2, 0.25) is 5.91 Å². The Balaban J connectivity index is 2.46. The number of rotatable bonds is 5. The van der Waals surface area contributed by atoms with Crippen LogP contribution in [0.2, 0.25) is 0 Å². The Kier molecular flexibility index (Phi) is 5.35. The van der Waals surface area contributed by atoms with E-state index in [4.69, 9.17) is 5.73 Å². The molecule has 0 fully saturated rings. The molecule has 0 aromatic heterocycles. The second-order valence-electron chi connectivity index (χ2n) is 4.49. The third kappa shape index (κ3) is 6.24. The highest BCUT2D eigenvalue weighted by molar-refractivity contribution is 5.78. The number of carbonyl (C=O) groups is 1. The van der Waals surface area contributed by atoms with Crippen LogP contribution in [-0.4, -0.2) is 18.1 Å². The van der Waals surface area contributed by atoms with Crippen LogP contribution < -0.4 is 11.1 Å². The van der Waals surface area contributed by atoms with Crippen LogP contribution in [0.4, 0.5) is 13.2 Å². The molecule has 106 valence electrons. The molecule has 1 atom stereocenters. The summed E-state index contributed by atoms with van der Waals surface area (Å²) in [4.78, 5) is 11.6. The molecule has 3 N–H and O–H groups in total. The molecule has 0 radical (unpaired) electrons. The zero-order valence-corrected chi connectivity index (χ0v) is 10.6. The minimum Gasteiger partial charge on any atom is -0.353 e. The maximum atomic E-state index is 12.1. The fourth-order valence-electron chi connectivity index (χ4n) is 1.70. The molecular weight excluding hydrogens is 257 g/mol. The highest BCUT2D eigenvalue weighted by Crippen LogP contribution is 2.21. The molecule has 0 saturated carbocycles. The summed E-state index contributed by atoms with van der Waals surface area (Å²) in [5, 5.41) is 2.33. The summed E-state index contributed by atoms with van der Waals surface area (Å²) in [7, 11) is 0. The Labute approximate surface area is 110 Å². The van der Waals surface area contributed by atoms with Crippen molar-refractivity contribution in [1.82, 2.24) is 5.32 Å². The van der Waals surface area contributed by atoms with Gasteiger partial charge in [0.15, 0.2) is 0 Å². The Morgan fingerprint density at radius 1 is 1.26 bits per heavy atom. The van der Waals surface area contributed by atoms with Gasteiger partial charge in [0.25, 0.3) is 0 Å². The van der Waals surface area contributed by atoms with E-state index in [1.807, 2.05) is 0 Å². The lowest BCUT2D eigenvalue weighted by molar-refractivity contribution is -0.141. The van der Waals surface area contributed by atoms with E-state index in [1.54, 1.807) is 24.3 Å². The standard InChI is InChI=1S/C13H17F3N2O/c1-9(7-13(14,15)16)18-12(19)6-10-2-4-11(8-17)5-3-10/h2-5,9H,6-8,17H2,1H3,(H,18,19). The summed E-state index contributed by atoms with van der Waals surface area (Å²) in [6.07, 6.45) is -5.23. The molecule has 0 aliphatic rings. The number of nitrogens with one attached hydrogen (secondary N) is 1. The maximum absolute atomic E-state index is 12.1. The SMILES string of the molecule is CC(CC(F)(F)F)NC(=O)Cc1ccc(CN)cc1. The van der Waals surface area contributed by atoms with Crippen molar-refractivity contribution in [2.75, 3.05) is 0 Å². The predicted octanol–water partition coefficient (Wildman–Crippen LogP) is 2.14. The molecule has 6 heteroatoms. The van der Waals surface area contributed by atoms with E-state index in [2.05, 4.69) is 5.32 Å². The van der Waals surface area contributed by atoms with Gasteiger partial charge in [0, 0.05) is 12.6 Å². The Bertz CT molecular complexity index is 415. The number of hydrogen-bond donors (Lipinski definition) is 2. The lowest BCUT2D eigenvalue weighted by Crippen LogP contribution is -2.36. The number of alkyl halides is 3. The van der Waals surface area contributed by atoms with Gasteiger partial charge in [-0.25, -0.2) is 0 Å². The van der Waals surface area contributed by atoms with Gasteiger partial charge in [-0.2, -0.15) is 13.2 Å². The smallest absolute Gasteiger partial charge is 0.353 e. The molecule has 1 amide bonds. The third-order valence-corrected chi connectivity index (χ3v) is 2.57. The van der Waals surface area contributed by atoms with Crippen molar-refractivity contribution in [3.05, 3.63) is 35.4 Å². The van der Waals surface area contributed by atoms with Crippen molar-refractivity contribution in [3.63, 3.8) is 0 Å². The highest BCUT2D eigenvalue weighted by Gasteiger charge is 2.30. The summed E-state index contributed by atoms with van der Waals surface area (Å²) < 4.78 is 36.3. The molecule has 19 heavy (non-hydrogen) atoms. The minimum absolute atomic E-state index is 0.0625. The van der Waals surface area contributed by atoms with Crippen LogP contribution >= 0.6 is 0 Å². The molecule has 1 unspecified atom stereocenters. The average Bonchev–Trinajstić information content (AvgIpc) is 2.27. The van der Waals surface area contributed by atoms with Gasteiger partial charge in [0.1, 0.15) is 0 Å². The van der Waals surface area contributed by atoms with Crippen molar-refractivity contribution in [2.45, 2.75) is 38.5 Å². The van der Waals surface area contributed by atoms with Crippen LogP contribution in [-0.2, 0) is 17.8 Å². The monoisotopic (exact) mass is 274 g/mol. The second-order valence-corrected chi connectivity index (χ2v) is 4.49. The normalized spacial score (nSPS) is 13.1. The number of amides is 1. The number of nitrogens with two attached hydrogens (primary N) is 1. The van der Waals surface area contributed by atoms with E-state index in [0.29, 0.717) is 6.54 Å². The maximum Gasteiger partial charge on any atom is 0.391 e. The van der Waals surface area contributed by atoms with Crippen molar-refractivity contribution >= 4 is 5.91 Å². The highest BCUT2D eigenvalue weighted by atomic mass is 19.4. The Hall–Kier alpha value is -1.56. The molecule has 0 bridgehead atoms. The second kappa shape index (κ2) is 6.56. The zero-order valence-electron chi connectivity index (χ0n) is 10.6. The first-order valence-corrected chi connectivity index (χ1v) is 5.94. The summed E-state index contributed by atoms with van der Waals surface area (Å²) in [5.41, 5.74) is 7.12. The van der Waals surface area contributed by atoms with Gasteiger partial charge in [0.05, 0.1) is 12.8 Å². The van der Waals surface area contributed by atoms with Crippen LogP contribution in [0.5, 0.6) is 0 Å². The number of halogens is 3. The van der Waals surface area contributed by atoms with Crippen molar-refractivity contribution in [1.29, 1.82) is 0 Å². The molecule has 1 rings (SSSR count). The van der Waals surface area contributed by atoms with Crippen LogP contribution in [0, 0.1) is 0 Å². The predicted molar refractivity (Wildman–Crippen MR) is 66.3 cm³/mol. The fourth-order valence-corrected chi connectivity index (χ4v) is 1.70. The molecule has 0 saturated heterocycles. The lowest BCUT2D eigenvalue weighted by Gasteiger charge is -2.15.